The Morgan fingerprint density at radius 2 is 2.13 bits per heavy atom. The Hall–Kier alpha value is -1.41. The number of halogens is 1. The minimum absolute atomic E-state index is 0.289. The van der Waals surface area contributed by atoms with Gasteiger partial charge in [-0.2, -0.15) is 5.26 Å². The molecule has 0 bridgehead atoms. The number of nitriles is 1. The molecular formula is C10H10FNO2S. The van der Waals surface area contributed by atoms with Crippen LogP contribution in [0.5, 0.6) is 0 Å². The number of hydrogen-bond donors (Lipinski definition) is 0. The molecule has 3 nitrogen and oxygen atoms in total. The number of sulfone groups is 1. The summed E-state index contributed by atoms with van der Waals surface area (Å²) in [6, 6.07) is 5.86. The second-order valence-corrected chi connectivity index (χ2v) is 5.18. The van der Waals surface area contributed by atoms with Gasteiger partial charge in [-0.15, -0.1) is 0 Å². The van der Waals surface area contributed by atoms with E-state index in [1.54, 1.807) is 0 Å². The van der Waals surface area contributed by atoms with Gasteiger partial charge < -0.3 is 0 Å². The molecule has 15 heavy (non-hydrogen) atoms. The molecule has 0 heterocycles. The van der Waals surface area contributed by atoms with Crippen molar-refractivity contribution in [1.82, 2.24) is 0 Å². The first-order valence-electron chi connectivity index (χ1n) is 4.30. The lowest BCUT2D eigenvalue weighted by molar-refractivity contribution is 0.569. The van der Waals surface area contributed by atoms with Crippen LogP contribution in [-0.2, 0) is 16.3 Å². The van der Waals surface area contributed by atoms with E-state index in [1.165, 1.54) is 12.1 Å². The quantitative estimate of drug-likeness (QED) is 0.789. The van der Waals surface area contributed by atoms with Crippen molar-refractivity contribution >= 4 is 9.84 Å². The predicted molar refractivity (Wildman–Crippen MR) is 53.4 cm³/mol. The minimum atomic E-state index is -3.51. The van der Waals surface area contributed by atoms with Crippen molar-refractivity contribution < 1.29 is 12.8 Å². The Labute approximate surface area is 88.1 Å². The van der Waals surface area contributed by atoms with E-state index in [0.29, 0.717) is 12.0 Å². The number of nitrogens with zero attached hydrogens (tertiary/aromatic N) is 1. The van der Waals surface area contributed by atoms with Gasteiger partial charge in [0.05, 0.1) is 6.07 Å². The van der Waals surface area contributed by atoms with Crippen LogP contribution in [0.4, 0.5) is 4.39 Å². The maximum Gasteiger partial charge on any atom is 0.178 e. The summed E-state index contributed by atoms with van der Waals surface area (Å²) in [5.41, 5.74) is 0.626. The first kappa shape index (κ1) is 11.7. The highest BCUT2D eigenvalue weighted by Crippen LogP contribution is 2.16. The van der Waals surface area contributed by atoms with E-state index in [9.17, 15) is 12.8 Å². The van der Waals surface area contributed by atoms with Crippen LogP contribution in [0, 0.1) is 17.1 Å². The zero-order chi connectivity index (χ0) is 11.5. The molecule has 0 unspecified atom stereocenters. The van der Waals surface area contributed by atoms with E-state index in [0.717, 1.165) is 12.3 Å². The van der Waals surface area contributed by atoms with Crippen molar-refractivity contribution in [2.75, 3.05) is 6.26 Å². The summed E-state index contributed by atoms with van der Waals surface area (Å²) in [5.74, 6) is -0.757. The Bertz CT molecular complexity index is 503. The third-order valence-corrected chi connectivity index (χ3v) is 3.05. The molecule has 0 saturated heterocycles. The molecule has 0 aliphatic rings. The lowest BCUT2D eigenvalue weighted by atomic mass is 10.1. The summed E-state index contributed by atoms with van der Waals surface area (Å²) >= 11 is 0. The molecule has 0 aliphatic heterocycles. The van der Waals surface area contributed by atoms with Gasteiger partial charge in [-0.1, -0.05) is 6.07 Å². The maximum atomic E-state index is 13.3. The number of rotatable bonds is 3. The summed E-state index contributed by atoms with van der Waals surface area (Å²) in [4.78, 5) is -0.303. The zero-order valence-corrected chi connectivity index (χ0v) is 9.01. The Kier molecular flexibility index (Phi) is 3.43. The van der Waals surface area contributed by atoms with Crippen LogP contribution in [0.2, 0.25) is 0 Å². The average molecular weight is 227 g/mol. The highest BCUT2D eigenvalue weighted by atomic mass is 32.2. The van der Waals surface area contributed by atoms with E-state index < -0.39 is 15.7 Å². The number of hydrogen-bond acceptors (Lipinski definition) is 3. The molecule has 0 saturated carbocycles. The normalized spacial score (nSPS) is 11.0. The van der Waals surface area contributed by atoms with Gasteiger partial charge in [-0.3, -0.25) is 0 Å². The van der Waals surface area contributed by atoms with Gasteiger partial charge in [0.2, 0.25) is 0 Å². The van der Waals surface area contributed by atoms with Crippen LogP contribution in [0.1, 0.15) is 12.0 Å². The number of benzene rings is 1. The molecule has 80 valence electrons. The van der Waals surface area contributed by atoms with Crippen molar-refractivity contribution in [2.24, 2.45) is 0 Å². The third-order valence-electron chi connectivity index (χ3n) is 1.92. The fraction of sp³-hybridized carbons (Fsp3) is 0.300. The SMILES string of the molecule is CS(=O)(=O)c1ccc(CCC#N)cc1F. The first-order valence-corrected chi connectivity index (χ1v) is 6.19. The largest absolute Gasteiger partial charge is 0.224 e. The molecule has 1 rings (SSSR count). The standard InChI is InChI=1S/C10H10FNO2S/c1-15(13,14)10-5-4-8(3-2-6-12)7-9(10)11/h4-5,7H,2-3H2,1H3. The van der Waals surface area contributed by atoms with Gasteiger partial charge in [0, 0.05) is 12.7 Å². The number of aryl methyl sites for hydroxylation is 1. The smallest absolute Gasteiger partial charge is 0.178 e. The van der Waals surface area contributed by atoms with Gasteiger partial charge in [0.25, 0.3) is 0 Å². The summed E-state index contributed by atoms with van der Waals surface area (Å²) < 4.78 is 35.5. The van der Waals surface area contributed by atoms with E-state index in [1.807, 2.05) is 6.07 Å². The average Bonchev–Trinajstić information content (AvgIpc) is 2.12. The molecule has 1 aromatic carbocycles. The molecular weight excluding hydrogens is 217 g/mol. The molecule has 0 atom stereocenters. The van der Waals surface area contributed by atoms with Crippen molar-refractivity contribution in [1.29, 1.82) is 5.26 Å². The van der Waals surface area contributed by atoms with E-state index in [-0.39, 0.29) is 11.3 Å². The molecule has 0 radical (unpaired) electrons. The third kappa shape index (κ3) is 3.03. The van der Waals surface area contributed by atoms with E-state index in [4.69, 9.17) is 5.26 Å². The van der Waals surface area contributed by atoms with Gasteiger partial charge in [0.1, 0.15) is 10.7 Å². The topological polar surface area (TPSA) is 57.9 Å². The second-order valence-electron chi connectivity index (χ2n) is 3.20. The van der Waals surface area contributed by atoms with Crippen LogP contribution in [-0.4, -0.2) is 14.7 Å². The minimum Gasteiger partial charge on any atom is -0.224 e. The van der Waals surface area contributed by atoms with E-state index >= 15 is 0 Å². The van der Waals surface area contributed by atoms with Gasteiger partial charge >= 0.3 is 0 Å². The molecule has 0 spiro atoms. The van der Waals surface area contributed by atoms with Crippen molar-refractivity contribution in [2.45, 2.75) is 17.7 Å². The monoisotopic (exact) mass is 227 g/mol. The molecule has 5 heteroatoms. The fourth-order valence-electron chi connectivity index (χ4n) is 1.20. The highest BCUT2D eigenvalue weighted by molar-refractivity contribution is 7.90. The molecule has 1 aromatic rings. The van der Waals surface area contributed by atoms with Crippen molar-refractivity contribution in [3.63, 3.8) is 0 Å². The van der Waals surface area contributed by atoms with Crippen LogP contribution >= 0.6 is 0 Å². The van der Waals surface area contributed by atoms with Crippen LogP contribution in [0.25, 0.3) is 0 Å². The lowest BCUT2D eigenvalue weighted by Crippen LogP contribution is -2.01. The summed E-state index contributed by atoms with van der Waals surface area (Å²) in [6.45, 7) is 0. The van der Waals surface area contributed by atoms with Gasteiger partial charge in [0.15, 0.2) is 9.84 Å². The molecule has 0 aromatic heterocycles. The zero-order valence-electron chi connectivity index (χ0n) is 8.20. The fourth-order valence-corrected chi connectivity index (χ4v) is 1.93. The summed E-state index contributed by atoms with van der Waals surface area (Å²) in [7, 11) is -3.51. The summed E-state index contributed by atoms with van der Waals surface area (Å²) in [6.07, 6.45) is 1.68. The maximum absolute atomic E-state index is 13.3. The van der Waals surface area contributed by atoms with Crippen LogP contribution in [0.3, 0.4) is 0 Å². The van der Waals surface area contributed by atoms with Gasteiger partial charge in [-0.05, 0) is 24.1 Å². The molecule has 0 fully saturated rings. The van der Waals surface area contributed by atoms with E-state index in [2.05, 4.69) is 0 Å². The van der Waals surface area contributed by atoms with Crippen molar-refractivity contribution in [3.05, 3.63) is 29.6 Å². The molecule has 0 aliphatic carbocycles. The predicted octanol–water partition coefficient (Wildman–Crippen LogP) is 1.69. The van der Waals surface area contributed by atoms with Gasteiger partial charge in [-0.25, -0.2) is 12.8 Å². The Morgan fingerprint density at radius 3 is 2.60 bits per heavy atom. The second kappa shape index (κ2) is 4.41. The van der Waals surface area contributed by atoms with Crippen molar-refractivity contribution in [3.8, 4) is 6.07 Å². The van der Waals surface area contributed by atoms with Crippen LogP contribution < -0.4 is 0 Å². The first-order chi connectivity index (χ1) is 6.95. The Balaban J connectivity index is 3.05. The summed E-state index contributed by atoms with van der Waals surface area (Å²) in [5, 5.41) is 8.34. The lowest BCUT2D eigenvalue weighted by Gasteiger charge is -2.02. The van der Waals surface area contributed by atoms with Crippen LogP contribution in [0.15, 0.2) is 23.1 Å². The Morgan fingerprint density at radius 1 is 1.47 bits per heavy atom. The highest BCUT2D eigenvalue weighted by Gasteiger charge is 2.13. The molecule has 0 amide bonds. The molecule has 0 N–H and O–H groups in total.